The number of Topliss-reactive ketones (excluding diaryl/α,β-unsaturated/α-hetero) is 1. The molecule has 26 heteroatoms. The zero-order valence-corrected chi connectivity index (χ0v) is 40.0. The maximum Gasteiger partial charge on any atom is 0.326 e. The van der Waals surface area contributed by atoms with Gasteiger partial charge in [-0.1, -0.05) is 12.1 Å². The summed E-state index contributed by atoms with van der Waals surface area (Å²) in [5.41, 5.74) is 16.0. The smallest absolute Gasteiger partial charge is 0.326 e. The predicted molar refractivity (Wildman–Crippen MR) is 257 cm³/mol. The Balaban J connectivity index is 0.000000238. The number of hydrogen-bond acceptors (Lipinski definition) is 22. The third-order valence-electron chi connectivity index (χ3n) is 12.5. The number of nitrogen functional groups attached to an aromatic ring is 2. The van der Waals surface area contributed by atoms with Gasteiger partial charge in [-0.3, -0.25) is 24.0 Å². The number of methoxy groups -OCH3 is 1. The lowest BCUT2D eigenvalue weighted by Gasteiger charge is -2.42. The van der Waals surface area contributed by atoms with E-state index in [1.54, 1.807) is 25.3 Å². The third-order valence-corrected chi connectivity index (χ3v) is 12.5. The summed E-state index contributed by atoms with van der Waals surface area (Å²) in [6.45, 7) is 0.929. The van der Waals surface area contributed by atoms with Gasteiger partial charge in [0.05, 0.1) is 60.5 Å². The molecule has 2 aliphatic carbocycles. The molecule has 0 radical (unpaired) electrons. The van der Waals surface area contributed by atoms with E-state index in [2.05, 4.69) is 25.3 Å². The number of carbonyl (C=O) groups excluding carboxylic acids is 4. The monoisotopic (exact) mass is 1030 g/mol. The highest BCUT2D eigenvalue weighted by atomic mass is 35.5. The second-order valence-electron chi connectivity index (χ2n) is 17.4. The number of aromatic hydroxyl groups is 2. The highest BCUT2D eigenvalue weighted by Crippen LogP contribution is 2.52. The van der Waals surface area contributed by atoms with Crippen molar-refractivity contribution in [2.24, 2.45) is 5.73 Å². The number of aromatic nitrogens is 4. The summed E-state index contributed by atoms with van der Waals surface area (Å²) in [6, 6.07) is 8.80. The fraction of sp³-hybridized carbons (Fsp3) is 0.362. The van der Waals surface area contributed by atoms with E-state index in [1.165, 1.54) is 37.4 Å². The van der Waals surface area contributed by atoms with E-state index in [9.17, 15) is 59.4 Å². The van der Waals surface area contributed by atoms with Crippen LogP contribution in [0.15, 0.2) is 48.7 Å². The van der Waals surface area contributed by atoms with Crippen LogP contribution in [-0.4, -0.2) is 148 Å². The zero-order valence-electron chi connectivity index (χ0n) is 39.2. The van der Waals surface area contributed by atoms with Crippen molar-refractivity contribution in [2.45, 2.75) is 87.9 Å². The number of nitrogens with two attached hydrogens (primary N) is 3. The summed E-state index contributed by atoms with van der Waals surface area (Å²) < 4.78 is 17.0. The van der Waals surface area contributed by atoms with Crippen LogP contribution < -0.4 is 32.2 Å². The second kappa shape index (κ2) is 22.0. The molecule has 0 saturated carbocycles. The fourth-order valence-electron chi connectivity index (χ4n) is 8.78. The minimum absolute atomic E-state index is 0. The number of aliphatic carboxylic acids is 2. The van der Waals surface area contributed by atoms with Gasteiger partial charge in [0.15, 0.2) is 34.8 Å². The van der Waals surface area contributed by atoms with Crippen molar-refractivity contribution < 1.29 is 78.7 Å². The first-order valence-corrected chi connectivity index (χ1v) is 22.2. The number of nitrogens with zero attached hydrogens (tertiary/aromatic N) is 5. The molecule has 3 aliphatic rings. The minimum Gasteiger partial charge on any atom is -0.507 e. The van der Waals surface area contributed by atoms with Gasteiger partial charge < -0.3 is 77.4 Å². The molecule has 3 heterocycles. The maximum absolute atomic E-state index is 13.6. The Labute approximate surface area is 420 Å². The van der Waals surface area contributed by atoms with E-state index in [4.69, 9.17) is 36.5 Å². The van der Waals surface area contributed by atoms with Crippen LogP contribution in [-0.2, 0) is 36.8 Å². The highest BCUT2D eigenvalue weighted by Gasteiger charge is 2.50. The van der Waals surface area contributed by atoms with E-state index in [0.717, 1.165) is 5.69 Å². The summed E-state index contributed by atoms with van der Waals surface area (Å²) in [4.78, 5) is 92.4. The lowest BCUT2D eigenvalue weighted by molar-refractivity contribution is -0.247. The first-order valence-electron chi connectivity index (χ1n) is 22.2. The number of amides is 1. The van der Waals surface area contributed by atoms with Gasteiger partial charge >= 0.3 is 11.9 Å². The molecule has 1 amide bonds. The molecule has 14 N–H and O–H groups in total. The van der Waals surface area contributed by atoms with Crippen LogP contribution in [0.25, 0.3) is 11.2 Å². The van der Waals surface area contributed by atoms with Gasteiger partial charge in [-0.05, 0) is 43.7 Å². The van der Waals surface area contributed by atoms with Gasteiger partial charge in [0, 0.05) is 66.7 Å². The molecule has 1 saturated heterocycles. The molecular weight excluding hydrogens is 982 g/mol. The van der Waals surface area contributed by atoms with Crippen molar-refractivity contribution in [1.82, 2.24) is 25.3 Å². The summed E-state index contributed by atoms with van der Waals surface area (Å²) in [5, 5.41) is 73.9. The lowest BCUT2D eigenvalue weighted by Crippen LogP contribution is -2.53. The molecule has 0 spiro atoms. The van der Waals surface area contributed by atoms with Crippen molar-refractivity contribution in [2.75, 3.05) is 37.1 Å². The number of ketones is 3. The number of rotatable bonds is 14. The Morgan fingerprint density at radius 1 is 0.986 bits per heavy atom. The summed E-state index contributed by atoms with van der Waals surface area (Å²) in [7, 11) is 3.14. The molecule has 3 aromatic carbocycles. The van der Waals surface area contributed by atoms with Gasteiger partial charge in [0.2, 0.25) is 11.7 Å². The average molecular weight is 1030 g/mol. The number of phenols is 2. The first kappa shape index (κ1) is 54.7. The van der Waals surface area contributed by atoms with Crippen molar-refractivity contribution in [3.05, 3.63) is 93.3 Å². The number of ether oxygens (including phenoxy) is 3. The highest BCUT2D eigenvalue weighted by molar-refractivity contribution is 6.31. The quantitative estimate of drug-likeness (QED) is 0.0669. The molecule has 388 valence electrons. The summed E-state index contributed by atoms with van der Waals surface area (Å²) in [5.74, 6) is -6.68. The molecule has 0 unspecified atom stereocenters. The summed E-state index contributed by atoms with van der Waals surface area (Å²) in [6.07, 6.45) is -4.16. The summed E-state index contributed by atoms with van der Waals surface area (Å²) >= 11 is 0. The molecule has 25 nitrogen and oxygen atoms in total. The van der Waals surface area contributed by atoms with Gasteiger partial charge in [-0.2, -0.15) is 9.97 Å². The first-order chi connectivity index (χ1) is 34.1. The van der Waals surface area contributed by atoms with Gasteiger partial charge in [0.25, 0.3) is 5.91 Å². The number of fused-ring (bicyclic) bond motifs is 4. The standard InChI is InChI=1S/C27H29NO11.C20H22N8O5.ClH/c1-10-22(31)13(28)6-17(38-10)39-15-8-27(36,16(30)9-29)7-12-19(15)26(35)21-20(24(12)33)23(32)11-4-3-5-14(37-2)18(11)25(21)34;1-28(9-11-8-23-17-15(24-11)16(21)26-20(22)27-17)12-4-2-10(3-5-12)18(31)25-13(19(32)33)6-7-14(29)30;/h3-5,10,13,15,17,22,29,31,33,35-36H,6-9,28H2,1-2H3;2-5,8,13H,6-7,9H2,1H3,(H,25,31)(H,29,30)(H,32,33)(H4,21,22,23,26,27);1H/t10-,13-,15-,17-,22+,27-;13-;/m00./s1. The van der Waals surface area contributed by atoms with Crippen molar-refractivity contribution in [3.8, 4) is 17.2 Å². The van der Waals surface area contributed by atoms with Crippen LogP contribution in [0.2, 0.25) is 0 Å². The molecule has 0 bridgehead atoms. The van der Waals surface area contributed by atoms with Crippen LogP contribution in [0.5, 0.6) is 17.2 Å². The average Bonchev–Trinajstić information content (AvgIpc) is 3.34. The van der Waals surface area contributed by atoms with E-state index in [1.807, 2.05) is 11.9 Å². The number of aliphatic hydroxyl groups is 3. The Hall–Kier alpha value is -7.65. The molecule has 1 fully saturated rings. The van der Waals surface area contributed by atoms with Crippen LogP contribution in [0, 0.1) is 0 Å². The van der Waals surface area contributed by atoms with Gasteiger partial charge in [-0.15, -0.1) is 12.4 Å². The molecule has 7 atom stereocenters. The number of halogens is 1. The second-order valence-corrected chi connectivity index (χ2v) is 17.4. The van der Waals surface area contributed by atoms with Crippen LogP contribution >= 0.6 is 12.4 Å². The number of carboxylic acids is 2. The zero-order chi connectivity index (χ0) is 52.5. The topological polar surface area (TPSA) is 417 Å². The van der Waals surface area contributed by atoms with E-state index in [-0.39, 0.29) is 77.0 Å². The Morgan fingerprint density at radius 3 is 2.30 bits per heavy atom. The third kappa shape index (κ3) is 11.1. The van der Waals surface area contributed by atoms with E-state index < -0.39 is 120 Å². The largest absolute Gasteiger partial charge is 0.507 e. The molecule has 73 heavy (non-hydrogen) atoms. The molecular formula is C47H52ClN9O16. The van der Waals surface area contributed by atoms with Crippen LogP contribution in [0.4, 0.5) is 17.5 Å². The number of phenolic OH excluding ortho intramolecular Hbond substituents is 2. The number of aliphatic hydroxyl groups excluding tert-OH is 2. The maximum atomic E-state index is 13.6. The van der Waals surface area contributed by atoms with Crippen LogP contribution in [0.3, 0.4) is 0 Å². The number of carbonyl (C=O) groups is 6. The Morgan fingerprint density at radius 2 is 1.67 bits per heavy atom. The van der Waals surface area contributed by atoms with Gasteiger partial charge in [-0.25, -0.2) is 14.8 Å². The van der Waals surface area contributed by atoms with Gasteiger partial charge in [0.1, 0.15) is 35.5 Å². The fourth-order valence-corrected chi connectivity index (χ4v) is 8.78. The van der Waals surface area contributed by atoms with E-state index >= 15 is 0 Å². The Kier molecular flexibility index (Phi) is 16.5. The number of anilines is 3. The van der Waals surface area contributed by atoms with Crippen LogP contribution in [0.1, 0.15) is 97.7 Å². The lowest BCUT2D eigenvalue weighted by atomic mass is 9.72. The molecule has 1 aliphatic heterocycles. The normalized spacial score (nSPS) is 21.2. The van der Waals surface area contributed by atoms with Crippen molar-refractivity contribution in [3.63, 3.8) is 0 Å². The molecule has 2 aromatic heterocycles. The van der Waals surface area contributed by atoms with E-state index in [0.29, 0.717) is 23.4 Å². The number of carboxylic acid groups (broad SMARTS) is 2. The van der Waals surface area contributed by atoms with Crippen molar-refractivity contribution in [1.29, 1.82) is 0 Å². The predicted octanol–water partition coefficient (Wildman–Crippen LogP) is 0.692. The SMILES string of the molecule is CN(Cc1cnc2nc(N)nc(N)c2n1)c1ccc(C(=O)N[C@@H](CCC(=O)O)C(=O)O)cc1.COc1cccc2c1C(=O)c1c(O)c3c(c(O)c1C2=O)C[C@@](O)(C(=O)CO)C[C@@H]3O[C@H]1C[C@H](N)[C@H](O)[C@H](C)O1.Cl. The van der Waals surface area contributed by atoms with Crippen molar-refractivity contribution >= 4 is 76.2 Å². The number of nitrogens with one attached hydrogen (secondary N) is 1. The number of hydrogen-bond donors (Lipinski definition) is 11. The number of benzene rings is 3. The molecule has 8 rings (SSSR count). The Bertz CT molecular complexity index is 2990. The molecule has 5 aromatic rings. The minimum atomic E-state index is -2.24.